The minimum atomic E-state index is -4.53. The fourth-order valence-electron chi connectivity index (χ4n) is 4.73. The molecule has 0 bridgehead atoms. The molecule has 5 nitrogen and oxygen atoms in total. The second-order valence-electron chi connectivity index (χ2n) is 8.87. The van der Waals surface area contributed by atoms with Gasteiger partial charge in [0, 0.05) is 23.2 Å². The summed E-state index contributed by atoms with van der Waals surface area (Å²) < 4.78 is 39.0. The van der Waals surface area contributed by atoms with Gasteiger partial charge in [-0.05, 0) is 61.6 Å². The monoisotopic (exact) mass is 519 g/mol. The van der Waals surface area contributed by atoms with Crippen LogP contribution in [0.25, 0.3) is 10.4 Å². The highest BCUT2D eigenvalue weighted by Crippen LogP contribution is 2.49. The van der Waals surface area contributed by atoms with Gasteiger partial charge in [-0.2, -0.15) is 13.2 Å². The van der Waals surface area contributed by atoms with E-state index in [1.54, 1.807) is 17.0 Å². The number of thiazole rings is 1. The first-order chi connectivity index (χ1) is 16.6. The molecule has 2 amide bonds. The Morgan fingerprint density at radius 3 is 2.69 bits per heavy atom. The quantitative estimate of drug-likeness (QED) is 0.462. The van der Waals surface area contributed by atoms with E-state index in [9.17, 15) is 22.8 Å². The van der Waals surface area contributed by atoms with Gasteiger partial charge < -0.3 is 10.2 Å². The number of likely N-dealkylation sites (tertiary alicyclic amines) is 1. The van der Waals surface area contributed by atoms with E-state index >= 15 is 0 Å². The highest BCUT2D eigenvalue weighted by molar-refractivity contribution is 7.15. The lowest BCUT2D eigenvalue weighted by atomic mass is 10.1. The van der Waals surface area contributed by atoms with Gasteiger partial charge in [-0.1, -0.05) is 29.8 Å². The Morgan fingerprint density at radius 2 is 1.94 bits per heavy atom. The van der Waals surface area contributed by atoms with Gasteiger partial charge >= 0.3 is 6.18 Å². The zero-order valence-corrected chi connectivity index (χ0v) is 20.2. The van der Waals surface area contributed by atoms with E-state index in [0.717, 1.165) is 40.4 Å². The van der Waals surface area contributed by atoms with E-state index < -0.39 is 17.6 Å². The Labute approximate surface area is 208 Å². The zero-order chi connectivity index (χ0) is 24.9. The number of fused-ring (bicyclic) bond motifs is 1. The number of amides is 2. The summed E-state index contributed by atoms with van der Waals surface area (Å²) in [6.45, 7) is 2.00. The van der Waals surface area contributed by atoms with Gasteiger partial charge in [0.15, 0.2) is 0 Å². The van der Waals surface area contributed by atoms with Crippen LogP contribution in [-0.4, -0.2) is 40.3 Å². The van der Waals surface area contributed by atoms with Crippen LogP contribution in [0.5, 0.6) is 0 Å². The van der Waals surface area contributed by atoms with Crippen LogP contribution in [0.2, 0.25) is 5.02 Å². The molecule has 2 fully saturated rings. The third-order valence-corrected chi connectivity index (χ3v) is 7.67. The first kappa shape index (κ1) is 23.8. The van der Waals surface area contributed by atoms with Crippen molar-refractivity contribution in [2.24, 2.45) is 5.92 Å². The van der Waals surface area contributed by atoms with Crippen LogP contribution < -0.4 is 5.32 Å². The number of benzene rings is 2. The number of halogens is 4. The molecular formula is C25H21ClF3N3O2S. The number of nitrogens with zero attached hydrogens (tertiary/aromatic N) is 2. The van der Waals surface area contributed by atoms with Crippen LogP contribution in [-0.2, 0) is 6.18 Å². The van der Waals surface area contributed by atoms with Crippen LogP contribution >= 0.6 is 22.9 Å². The molecular weight excluding hydrogens is 499 g/mol. The summed E-state index contributed by atoms with van der Waals surface area (Å²) in [5, 5.41) is 4.04. The number of alkyl halides is 3. The van der Waals surface area contributed by atoms with E-state index in [0.29, 0.717) is 16.6 Å². The lowest BCUT2D eigenvalue weighted by Crippen LogP contribution is -2.45. The van der Waals surface area contributed by atoms with Gasteiger partial charge in [0.1, 0.15) is 5.69 Å². The summed E-state index contributed by atoms with van der Waals surface area (Å²) in [5.41, 5.74) is 0.222. The summed E-state index contributed by atoms with van der Waals surface area (Å²) in [6, 6.07) is 11.4. The Balaban J connectivity index is 1.34. The topological polar surface area (TPSA) is 62.3 Å². The van der Waals surface area contributed by atoms with Crippen molar-refractivity contribution < 1.29 is 22.8 Å². The number of carbonyl (C=O) groups excluding carboxylic acids is 2. The standard InChI is InChI=1S/C25H21ClF3N3O2S/c1-13-31-21(22(35-13)14-4-3-7-18(26)9-14)24(34)32-19(10-16-11-20(16)32)12-30-23(33)15-5-2-6-17(8-15)25(27,28)29/h2-9,16,19-20H,10-12H2,1H3,(H,30,33)/t16-,19+,20?/m1/s1. The van der Waals surface area contributed by atoms with Crippen molar-refractivity contribution in [1.29, 1.82) is 0 Å². The van der Waals surface area contributed by atoms with Gasteiger partial charge in [-0.3, -0.25) is 9.59 Å². The first-order valence-corrected chi connectivity index (χ1v) is 12.3. The van der Waals surface area contributed by atoms with E-state index in [-0.39, 0.29) is 30.1 Å². The first-order valence-electron chi connectivity index (χ1n) is 11.1. The van der Waals surface area contributed by atoms with Gasteiger partial charge in [0.05, 0.1) is 21.5 Å². The van der Waals surface area contributed by atoms with Gasteiger partial charge in [-0.25, -0.2) is 4.98 Å². The van der Waals surface area contributed by atoms with Gasteiger partial charge in [0.25, 0.3) is 11.8 Å². The molecule has 3 atom stereocenters. The second-order valence-corrected chi connectivity index (χ2v) is 10.5. The maximum atomic E-state index is 13.7. The molecule has 0 radical (unpaired) electrons. The highest BCUT2D eigenvalue weighted by Gasteiger charge is 2.54. The second kappa shape index (κ2) is 8.95. The SMILES string of the molecule is Cc1nc(C(=O)N2C3C[C@H]3C[C@H]2CNC(=O)c2cccc(C(F)(F)F)c2)c(-c2cccc(Cl)c2)s1. The fourth-order valence-corrected chi connectivity index (χ4v) is 5.82. The van der Waals surface area contributed by atoms with Crippen molar-refractivity contribution in [2.75, 3.05) is 6.54 Å². The molecule has 1 unspecified atom stereocenters. The van der Waals surface area contributed by atoms with Crippen molar-refractivity contribution in [3.8, 4) is 10.4 Å². The minimum Gasteiger partial charge on any atom is -0.350 e. The van der Waals surface area contributed by atoms with Gasteiger partial charge in [0.2, 0.25) is 0 Å². The maximum absolute atomic E-state index is 13.7. The maximum Gasteiger partial charge on any atom is 0.416 e. The molecule has 1 N–H and O–H groups in total. The average molecular weight is 520 g/mol. The summed E-state index contributed by atoms with van der Waals surface area (Å²) >= 11 is 7.58. The zero-order valence-electron chi connectivity index (χ0n) is 18.6. The smallest absolute Gasteiger partial charge is 0.350 e. The molecule has 10 heteroatoms. The normalized spacial score (nSPS) is 21.1. The molecule has 5 rings (SSSR count). The number of rotatable bonds is 5. The molecule has 35 heavy (non-hydrogen) atoms. The van der Waals surface area contributed by atoms with Gasteiger partial charge in [-0.15, -0.1) is 11.3 Å². The van der Waals surface area contributed by atoms with E-state index in [1.165, 1.54) is 23.5 Å². The van der Waals surface area contributed by atoms with E-state index in [2.05, 4.69) is 10.3 Å². The third kappa shape index (κ3) is 4.79. The average Bonchev–Trinajstić information content (AvgIpc) is 3.30. The summed E-state index contributed by atoms with van der Waals surface area (Å²) in [5.74, 6) is -0.440. The summed E-state index contributed by atoms with van der Waals surface area (Å²) in [4.78, 5) is 33.3. The predicted molar refractivity (Wildman–Crippen MR) is 128 cm³/mol. The number of hydrogen-bond donors (Lipinski definition) is 1. The molecule has 2 aromatic carbocycles. The van der Waals surface area contributed by atoms with Crippen LogP contribution in [0.4, 0.5) is 13.2 Å². The predicted octanol–water partition coefficient (Wildman–Crippen LogP) is 5.82. The number of piperidine rings is 1. The van der Waals surface area contributed by atoms with Crippen molar-refractivity contribution in [3.05, 3.63) is 75.4 Å². The molecule has 0 spiro atoms. The van der Waals surface area contributed by atoms with Crippen LogP contribution in [0, 0.1) is 12.8 Å². The van der Waals surface area contributed by atoms with Crippen molar-refractivity contribution >= 4 is 34.8 Å². The van der Waals surface area contributed by atoms with E-state index in [1.807, 2.05) is 19.1 Å². The third-order valence-electron chi connectivity index (χ3n) is 6.42. The number of aromatic nitrogens is 1. The molecule has 1 saturated heterocycles. The summed E-state index contributed by atoms with van der Waals surface area (Å²) in [6.07, 6.45) is -2.90. The van der Waals surface area contributed by atoms with Crippen LogP contribution in [0.1, 0.15) is 44.3 Å². The number of nitrogens with one attached hydrogen (secondary N) is 1. The van der Waals surface area contributed by atoms with E-state index in [4.69, 9.17) is 11.6 Å². The molecule has 1 aliphatic carbocycles. The lowest BCUT2D eigenvalue weighted by molar-refractivity contribution is -0.137. The van der Waals surface area contributed by atoms with Crippen molar-refractivity contribution in [2.45, 2.75) is 38.0 Å². The fraction of sp³-hybridized carbons (Fsp3) is 0.320. The van der Waals surface area contributed by atoms with Crippen LogP contribution in [0.3, 0.4) is 0 Å². The minimum absolute atomic E-state index is 0.0702. The molecule has 1 aromatic heterocycles. The molecule has 2 aliphatic rings. The largest absolute Gasteiger partial charge is 0.416 e. The lowest BCUT2D eigenvalue weighted by Gasteiger charge is -2.27. The Morgan fingerprint density at radius 1 is 1.17 bits per heavy atom. The Kier molecular flexibility index (Phi) is 6.09. The Hall–Kier alpha value is -2.91. The van der Waals surface area contributed by atoms with Crippen molar-refractivity contribution in [3.63, 3.8) is 0 Å². The highest BCUT2D eigenvalue weighted by atomic mass is 35.5. The summed E-state index contributed by atoms with van der Waals surface area (Å²) in [7, 11) is 0. The molecule has 3 aromatic rings. The molecule has 1 saturated carbocycles. The molecule has 182 valence electrons. The number of aryl methyl sites for hydroxylation is 1. The molecule has 2 heterocycles. The van der Waals surface area contributed by atoms with Crippen molar-refractivity contribution in [1.82, 2.24) is 15.2 Å². The van der Waals surface area contributed by atoms with Crippen LogP contribution in [0.15, 0.2) is 48.5 Å². The number of carbonyl (C=O) groups is 2. The number of hydrogen-bond acceptors (Lipinski definition) is 4. The Bertz CT molecular complexity index is 1310. The molecule has 1 aliphatic heterocycles.